The number of hydrogen-bond donors (Lipinski definition) is 1. The number of nitrogens with two attached hydrogens (primary N) is 1. The average molecular weight is 686 g/mol. The molecule has 0 radical (unpaired) electrons. The summed E-state index contributed by atoms with van der Waals surface area (Å²) in [6, 6.07) is 0.444. The highest BCUT2D eigenvalue weighted by Crippen LogP contribution is 2.55. The van der Waals surface area contributed by atoms with Gasteiger partial charge >= 0.3 is 0 Å². The Morgan fingerprint density at radius 1 is 0.480 bits per heavy atom. The Kier molecular flexibility index (Phi) is 12.8. The fraction of sp³-hybridized carbons (Fsp3) is 0.959. The van der Waals surface area contributed by atoms with Crippen molar-refractivity contribution in [3.8, 4) is 0 Å². The highest BCUT2D eigenvalue weighted by molar-refractivity contribution is 5.13. The predicted octanol–water partition coefficient (Wildman–Crippen LogP) is 14.1. The summed E-state index contributed by atoms with van der Waals surface area (Å²) in [4.78, 5) is 0. The second kappa shape index (κ2) is 17.4. The van der Waals surface area contributed by atoms with Gasteiger partial charge in [-0.1, -0.05) is 95.6 Å². The molecular weight excluding hydrogens is 603 g/mol. The molecule has 0 aliphatic heterocycles. The molecule has 0 saturated heterocycles. The molecule has 8 aliphatic carbocycles. The van der Waals surface area contributed by atoms with Crippen LogP contribution in [0.4, 0.5) is 0 Å². The molecule has 13 unspecified atom stereocenters. The van der Waals surface area contributed by atoms with Gasteiger partial charge < -0.3 is 5.73 Å². The van der Waals surface area contributed by atoms with E-state index >= 15 is 0 Å². The first-order valence-corrected chi connectivity index (χ1v) is 24.0. The third kappa shape index (κ3) is 8.49. The lowest BCUT2D eigenvalue weighted by molar-refractivity contribution is 0.0285. The van der Waals surface area contributed by atoms with Crippen LogP contribution in [0.25, 0.3) is 0 Å². The van der Waals surface area contributed by atoms with Gasteiger partial charge in [0.2, 0.25) is 0 Å². The van der Waals surface area contributed by atoms with Crippen molar-refractivity contribution in [2.45, 2.75) is 212 Å². The zero-order chi connectivity index (χ0) is 33.9. The first-order chi connectivity index (χ1) is 24.6. The largest absolute Gasteiger partial charge is 0.327 e. The van der Waals surface area contributed by atoms with Gasteiger partial charge in [0.05, 0.1) is 0 Å². The third-order valence-electron chi connectivity index (χ3n) is 18.8. The van der Waals surface area contributed by atoms with E-state index in [-0.39, 0.29) is 0 Å². The molecule has 7 fully saturated rings. The lowest BCUT2D eigenvalue weighted by Crippen LogP contribution is -2.44. The maximum Gasteiger partial charge on any atom is 0.00984 e. The minimum atomic E-state index is 0.444. The van der Waals surface area contributed by atoms with Gasteiger partial charge in [0, 0.05) is 6.04 Å². The minimum Gasteiger partial charge on any atom is -0.327 e. The maximum atomic E-state index is 7.55. The van der Waals surface area contributed by atoms with E-state index in [4.69, 9.17) is 5.73 Å². The first-order valence-electron chi connectivity index (χ1n) is 24.0. The van der Waals surface area contributed by atoms with Crippen LogP contribution >= 0.6 is 0 Å². The number of rotatable bonds is 10. The molecule has 1 heteroatoms. The molecule has 13 atom stereocenters. The van der Waals surface area contributed by atoms with Crippen LogP contribution in [-0.2, 0) is 0 Å². The predicted molar refractivity (Wildman–Crippen MR) is 214 cm³/mol. The number of allylic oxidation sites excluding steroid dienone is 2. The van der Waals surface area contributed by atoms with E-state index in [0.29, 0.717) is 6.04 Å². The van der Waals surface area contributed by atoms with Gasteiger partial charge in [-0.25, -0.2) is 0 Å². The summed E-state index contributed by atoms with van der Waals surface area (Å²) >= 11 is 0. The third-order valence-corrected chi connectivity index (χ3v) is 18.8. The molecule has 1 nitrogen and oxygen atoms in total. The molecular formula is C49H83N. The fourth-order valence-electron chi connectivity index (χ4n) is 15.7. The van der Waals surface area contributed by atoms with Crippen molar-refractivity contribution >= 4 is 0 Å². The smallest absolute Gasteiger partial charge is 0.00984 e. The standard InChI is InChI=1S/C49H83N/c1-34(35-13-5-2-6-14-35)47(49(50)38-18-9-4-10-19-38)33-48(37-16-7-3-8-17-37)46-28-27-45(32-46)44-26-25-42-30-41(23-24-43(42)31-44)40-22-21-36-15-11-12-20-39(36)29-40/h16,34-36,38-49H,2-15,17-33,50H2,1H3. The van der Waals surface area contributed by atoms with Crippen molar-refractivity contribution in [3.05, 3.63) is 11.6 Å². The van der Waals surface area contributed by atoms with Crippen LogP contribution in [-0.4, -0.2) is 6.04 Å². The summed E-state index contributed by atoms with van der Waals surface area (Å²) in [7, 11) is 0. The van der Waals surface area contributed by atoms with Gasteiger partial charge in [0.25, 0.3) is 0 Å². The monoisotopic (exact) mass is 686 g/mol. The van der Waals surface area contributed by atoms with Crippen LogP contribution in [0.15, 0.2) is 11.6 Å². The molecule has 0 bridgehead atoms. The lowest BCUT2D eigenvalue weighted by Gasteiger charge is -2.48. The molecule has 0 amide bonds. The Hall–Kier alpha value is -0.300. The van der Waals surface area contributed by atoms with Crippen LogP contribution in [0.3, 0.4) is 0 Å². The Morgan fingerprint density at radius 3 is 1.54 bits per heavy atom. The van der Waals surface area contributed by atoms with Gasteiger partial charge in [0.1, 0.15) is 0 Å². The maximum absolute atomic E-state index is 7.55. The molecule has 8 aliphatic rings. The quantitative estimate of drug-likeness (QED) is 0.228. The number of hydrogen-bond acceptors (Lipinski definition) is 1. The Balaban J connectivity index is 0.906. The highest BCUT2D eigenvalue weighted by atomic mass is 14.7. The van der Waals surface area contributed by atoms with Gasteiger partial charge in [-0.3, -0.25) is 0 Å². The van der Waals surface area contributed by atoms with Crippen molar-refractivity contribution in [1.29, 1.82) is 0 Å². The van der Waals surface area contributed by atoms with Crippen LogP contribution in [0.2, 0.25) is 0 Å². The van der Waals surface area contributed by atoms with E-state index in [0.717, 1.165) is 82.9 Å². The summed E-state index contributed by atoms with van der Waals surface area (Å²) in [5.41, 5.74) is 9.47. The molecule has 0 aromatic carbocycles. The van der Waals surface area contributed by atoms with Crippen LogP contribution < -0.4 is 5.73 Å². The van der Waals surface area contributed by atoms with Gasteiger partial charge in [-0.15, -0.1) is 0 Å². The first kappa shape index (κ1) is 36.7. The highest BCUT2D eigenvalue weighted by Gasteiger charge is 2.45. The lowest BCUT2D eigenvalue weighted by atomic mass is 9.58. The Morgan fingerprint density at radius 2 is 0.960 bits per heavy atom. The second-order valence-corrected chi connectivity index (χ2v) is 21.1. The van der Waals surface area contributed by atoms with E-state index < -0.39 is 0 Å². The SMILES string of the molecule is CC(C1CCCCC1)C(CC(C1=CCCCC1)C1CCC(C2CCC3CC(C4CCC5CCCCC5C4)CCC3C2)C1)C(N)C1CCCCC1. The topological polar surface area (TPSA) is 26.0 Å². The van der Waals surface area contributed by atoms with Crippen LogP contribution in [0.1, 0.15) is 206 Å². The van der Waals surface area contributed by atoms with Gasteiger partial charge in [-0.2, -0.15) is 0 Å². The zero-order valence-electron chi connectivity index (χ0n) is 33.2. The average Bonchev–Trinajstić information content (AvgIpc) is 3.68. The van der Waals surface area contributed by atoms with Crippen molar-refractivity contribution in [3.63, 3.8) is 0 Å². The molecule has 0 heterocycles. The molecule has 50 heavy (non-hydrogen) atoms. The minimum absolute atomic E-state index is 0.444. The van der Waals surface area contributed by atoms with E-state index in [2.05, 4.69) is 13.0 Å². The Bertz CT molecular complexity index is 1040. The van der Waals surface area contributed by atoms with Crippen molar-refractivity contribution in [1.82, 2.24) is 0 Å². The summed E-state index contributed by atoms with van der Waals surface area (Å²) in [5.74, 6) is 13.8. The summed E-state index contributed by atoms with van der Waals surface area (Å²) < 4.78 is 0. The van der Waals surface area contributed by atoms with Gasteiger partial charge in [-0.05, 0) is 205 Å². The van der Waals surface area contributed by atoms with E-state index in [1.165, 1.54) is 109 Å². The van der Waals surface area contributed by atoms with E-state index in [1.54, 1.807) is 89.9 Å². The summed E-state index contributed by atoms with van der Waals surface area (Å²) in [6.45, 7) is 2.70. The molecule has 7 saturated carbocycles. The van der Waals surface area contributed by atoms with Crippen LogP contribution in [0, 0.1) is 82.9 Å². The number of fused-ring (bicyclic) bond motifs is 2. The summed E-state index contributed by atoms with van der Waals surface area (Å²) in [6.07, 6.45) is 49.8. The second-order valence-electron chi connectivity index (χ2n) is 21.1. The normalized spacial score (nSPS) is 41.7. The van der Waals surface area contributed by atoms with E-state index in [1.807, 2.05) is 5.57 Å². The van der Waals surface area contributed by atoms with Gasteiger partial charge in [0.15, 0.2) is 0 Å². The van der Waals surface area contributed by atoms with Crippen molar-refractivity contribution < 1.29 is 0 Å². The van der Waals surface area contributed by atoms with E-state index in [9.17, 15) is 0 Å². The Labute approximate surface area is 311 Å². The zero-order valence-corrected chi connectivity index (χ0v) is 33.2. The molecule has 8 rings (SSSR count). The van der Waals surface area contributed by atoms with Crippen molar-refractivity contribution in [2.24, 2.45) is 88.6 Å². The van der Waals surface area contributed by atoms with Crippen molar-refractivity contribution in [2.75, 3.05) is 0 Å². The molecule has 0 aromatic rings. The van der Waals surface area contributed by atoms with Crippen LogP contribution in [0.5, 0.6) is 0 Å². The summed E-state index contributed by atoms with van der Waals surface area (Å²) in [5, 5.41) is 0. The molecule has 0 aromatic heterocycles. The fourth-order valence-corrected chi connectivity index (χ4v) is 15.7. The molecule has 2 N–H and O–H groups in total. The molecule has 284 valence electrons. The molecule has 0 spiro atoms.